The van der Waals surface area contributed by atoms with E-state index in [4.69, 9.17) is 9.47 Å². The zero-order valence-corrected chi connectivity index (χ0v) is 24.6. The molecule has 0 aromatic rings. The number of rotatable bonds is 7. The third kappa shape index (κ3) is 5.23. The second-order valence-electron chi connectivity index (χ2n) is 14.9. The molecule has 0 radical (unpaired) electrons. The maximum atomic E-state index is 10.2. The van der Waals surface area contributed by atoms with Crippen molar-refractivity contribution in [2.24, 2.45) is 46.3 Å². The van der Waals surface area contributed by atoms with Gasteiger partial charge in [0.25, 0.3) is 0 Å². The Morgan fingerprint density at radius 1 is 1.03 bits per heavy atom. The van der Waals surface area contributed by atoms with E-state index in [-0.39, 0.29) is 12.2 Å². The molecule has 4 nitrogen and oxygen atoms in total. The van der Waals surface area contributed by atoms with Gasteiger partial charge in [0.15, 0.2) is 6.29 Å². The topological polar surface area (TPSA) is 58.9 Å². The smallest absolute Gasteiger partial charge is 0.161 e. The largest absolute Gasteiger partial charge is 0.390 e. The molecular formula is C33H56O4. The molecule has 0 unspecified atom stereocenters. The summed E-state index contributed by atoms with van der Waals surface area (Å²) in [4.78, 5) is 0. The number of aliphatic hydroxyl groups is 2. The van der Waals surface area contributed by atoms with Gasteiger partial charge in [0.2, 0.25) is 0 Å². The molecule has 1 saturated heterocycles. The van der Waals surface area contributed by atoms with Gasteiger partial charge in [-0.25, -0.2) is 0 Å². The van der Waals surface area contributed by atoms with Crippen molar-refractivity contribution in [2.45, 2.75) is 149 Å². The Kier molecular flexibility index (Phi) is 8.26. The second kappa shape index (κ2) is 10.9. The fourth-order valence-corrected chi connectivity index (χ4v) is 10.1. The first-order valence-electron chi connectivity index (χ1n) is 15.9. The van der Waals surface area contributed by atoms with E-state index in [1.807, 2.05) is 6.92 Å². The minimum Gasteiger partial charge on any atom is -0.390 e. The lowest BCUT2D eigenvalue weighted by Crippen LogP contribution is -2.52. The third-order valence-electron chi connectivity index (χ3n) is 12.3. The van der Waals surface area contributed by atoms with Crippen molar-refractivity contribution in [1.82, 2.24) is 0 Å². The van der Waals surface area contributed by atoms with Crippen LogP contribution in [0.3, 0.4) is 0 Å². The summed E-state index contributed by atoms with van der Waals surface area (Å²) in [6.07, 6.45) is 15.3. The normalized spacial score (nSPS) is 48.7. The lowest BCUT2D eigenvalue weighted by molar-refractivity contribution is -0.262. The molecule has 4 aliphatic carbocycles. The molecule has 0 aromatic heterocycles. The van der Waals surface area contributed by atoms with Crippen LogP contribution in [0.4, 0.5) is 0 Å². The predicted molar refractivity (Wildman–Crippen MR) is 149 cm³/mol. The van der Waals surface area contributed by atoms with E-state index in [0.717, 1.165) is 48.3 Å². The van der Waals surface area contributed by atoms with E-state index >= 15 is 0 Å². The monoisotopic (exact) mass is 516 g/mol. The first-order chi connectivity index (χ1) is 17.5. The molecule has 5 rings (SSSR count). The van der Waals surface area contributed by atoms with Crippen molar-refractivity contribution in [3.8, 4) is 0 Å². The van der Waals surface area contributed by atoms with Crippen LogP contribution in [0.5, 0.6) is 0 Å². The maximum Gasteiger partial charge on any atom is 0.161 e. The van der Waals surface area contributed by atoms with Crippen molar-refractivity contribution in [3.05, 3.63) is 11.6 Å². The SMILES string of the molecule is CC(C)CCC[C@H](C)[C@@H]1CC[C@@H]2[C@@H]3CC=C4C[C@H](O[C@@H]5C[C@H](O)[C@H](O)[C@H](C)O5)CC[C@]4(C)[C@@H]3CC[C@@]21C. The third-order valence-corrected chi connectivity index (χ3v) is 12.3. The Morgan fingerprint density at radius 3 is 2.54 bits per heavy atom. The zero-order chi connectivity index (χ0) is 26.5. The van der Waals surface area contributed by atoms with Gasteiger partial charge in [-0.05, 0) is 105 Å². The molecule has 12 atom stereocenters. The standard InChI is InChI=1S/C33H56O4/c1-20(2)8-7-9-21(3)26-12-13-27-25-11-10-23-18-24(37-30-19-29(34)31(35)22(4)36-30)14-16-32(23,5)28(25)15-17-33(26,27)6/h10,20-22,24-31,34-35H,7-9,11-19H2,1-6H3/t21-,22-,24+,25-,26-,27+,28+,29-,30+,31+,32-,33+/m0/s1. The van der Waals surface area contributed by atoms with Crippen molar-refractivity contribution < 1.29 is 19.7 Å². The molecule has 5 aliphatic rings. The van der Waals surface area contributed by atoms with Crippen LogP contribution in [0.2, 0.25) is 0 Å². The lowest BCUT2D eigenvalue weighted by atomic mass is 9.47. The Hall–Kier alpha value is -0.420. The zero-order valence-electron chi connectivity index (χ0n) is 24.6. The van der Waals surface area contributed by atoms with Crippen molar-refractivity contribution >= 4 is 0 Å². The average Bonchev–Trinajstić information content (AvgIpc) is 3.20. The Morgan fingerprint density at radius 2 is 1.81 bits per heavy atom. The molecule has 37 heavy (non-hydrogen) atoms. The van der Waals surface area contributed by atoms with Crippen LogP contribution >= 0.6 is 0 Å². The van der Waals surface area contributed by atoms with Crippen LogP contribution in [-0.4, -0.2) is 40.9 Å². The highest BCUT2D eigenvalue weighted by atomic mass is 16.7. The number of fused-ring (bicyclic) bond motifs is 5. The van der Waals surface area contributed by atoms with Gasteiger partial charge in [-0.3, -0.25) is 0 Å². The molecule has 1 aliphatic heterocycles. The molecule has 1 heterocycles. The maximum absolute atomic E-state index is 10.2. The molecule has 4 heteroatoms. The molecule has 0 aromatic carbocycles. The van der Waals surface area contributed by atoms with Gasteiger partial charge >= 0.3 is 0 Å². The fourth-order valence-electron chi connectivity index (χ4n) is 10.1. The molecule has 4 fully saturated rings. The summed E-state index contributed by atoms with van der Waals surface area (Å²) in [5.74, 6) is 5.20. The minimum absolute atomic E-state index is 0.159. The molecule has 2 N–H and O–H groups in total. The number of aliphatic hydroxyl groups excluding tert-OH is 2. The predicted octanol–water partition coefficient (Wildman–Crippen LogP) is 7.27. The molecule has 0 amide bonds. The average molecular weight is 517 g/mol. The van der Waals surface area contributed by atoms with E-state index < -0.39 is 18.5 Å². The summed E-state index contributed by atoms with van der Waals surface area (Å²) in [5.41, 5.74) is 2.50. The van der Waals surface area contributed by atoms with Gasteiger partial charge < -0.3 is 19.7 Å². The van der Waals surface area contributed by atoms with Crippen molar-refractivity contribution in [3.63, 3.8) is 0 Å². The van der Waals surface area contributed by atoms with Crippen molar-refractivity contribution in [2.75, 3.05) is 0 Å². The summed E-state index contributed by atoms with van der Waals surface area (Å²) >= 11 is 0. The quantitative estimate of drug-likeness (QED) is 0.349. The van der Waals surface area contributed by atoms with Crippen LogP contribution in [0, 0.1) is 46.3 Å². The van der Waals surface area contributed by atoms with Crippen LogP contribution < -0.4 is 0 Å². The van der Waals surface area contributed by atoms with E-state index in [9.17, 15) is 10.2 Å². The van der Waals surface area contributed by atoms with Crippen LogP contribution in [0.25, 0.3) is 0 Å². The van der Waals surface area contributed by atoms with Gasteiger partial charge in [-0.15, -0.1) is 0 Å². The van der Waals surface area contributed by atoms with Gasteiger partial charge in [0, 0.05) is 6.42 Å². The Balaban J connectivity index is 1.23. The van der Waals surface area contributed by atoms with Gasteiger partial charge in [-0.1, -0.05) is 65.5 Å². The first-order valence-corrected chi connectivity index (χ1v) is 15.9. The summed E-state index contributed by atoms with van der Waals surface area (Å²) in [5, 5.41) is 20.2. The highest BCUT2D eigenvalue weighted by molar-refractivity contribution is 5.25. The molecule has 0 bridgehead atoms. The van der Waals surface area contributed by atoms with Gasteiger partial charge in [0.1, 0.15) is 6.10 Å². The van der Waals surface area contributed by atoms with E-state index in [1.54, 1.807) is 5.57 Å². The summed E-state index contributed by atoms with van der Waals surface area (Å²) < 4.78 is 12.3. The first kappa shape index (κ1) is 28.1. The number of allylic oxidation sites excluding steroid dienone is 1. The number of hydrogen-bond acceptors (Lipinski definition) is 4. The van der Waals surface area contributed by atoms with Crippen LogP contribution in [0.1, 0.15) is 119 Å². The highest BCUT2D eigenvalue weighted by Gasteiger charge is 2.59. The fraction of sp³-hybridized carbons (Fsp3) is 0.939. The molecular weight excluding hydrogens is 460 g/mol. The Labute approximate surface area is 227 Å². The number of ether oxygens (including phenoxy) is 2. The summed E-state index contributed by atoms with van der Waals surface area (Å²) in [7, 11) is 0. The number of hydrogen-bond donors (Lipinski definition) is 2. The lowest BCUT2D eigenvalue weighted by Gasteiger charge is -2.58. The van der Waals surface area contributed by atoms with Gasteiger partial charge in [0.05, 0.1) is 18.3 Å². The van der Waals surface area contributed by atoms with Crippen LogP contribution in [-0.2, 0) is 9.47 Å². The summed E-state index contributed by atoms with van der Waals surface area (Å²) in [6, 6.07) is 0. The van der Waals surface area contributed by atoms with E-state index in [2.05, 4.69) is 40.7 Å². The molecule has 3 saturated carbocycles. The van der Waals surface area contributed by atoms with E-state index in [0.29, 0.717) is 17.3 Å². The molecule has 212 valence electrons. The minimum atomic E-state index is -0.817. The van der Waals surface area contributed by atoms with E-state index in [1.165, 1.54) is 57.8 Å². The molecule has 0 spiro atoms. The van der Waals surface area contributed by atoms with Crippen molar-refractivity contribution in [1.29, 1.82) is 0 Å². The Bertz CT molecular complexity index is 811. The summed E-state index contributed by atoms with van der Waals surface area (Å²) in [6.45, 7) is 14.4. The highest BCUT2D eigenvalue weighted by Crippen LogP contribution is 2.67. The van der Waals surface area contributed by atoms with Gasteiger partial charge in [-0.2, -0.15) is 0 Å². The van der Waals surface area contributed by atoms with Crippen LogP contribution in [0.15, 0.2) is 11.6 Å². The second-order valence-corrected chi connectivity index (χ2v) is 14.9.